The average Bonchev–Trinajstić information content (AvgIpc) is 2.86. The van der Waals surface area contributed by atoms with E-state index in [0.29, 0.717) is 24.5 Å². The maximum Gasteiger partial charge on any atom is 0.244 e. The minimum atomic E-state index is -3.44. The fourth-order valence-corrected chi connectivity index (χ4v) is 3.54. The lowest BCUT2D eigenvalue weighted by Gasteiger charge is -2.17. The molecular formula is C14H25N3O2S. The largest absolute Gasteiger partial charge is 0.349 e. The number of hydrogen-bond acceptors (Lipinski definition) is 3. The molecule has 0 amide bonds. The van der Waals surface area contributed by atoms with Gasteiger partial charge in [-0.25, -0.2) is 8.42 Å². The highest BCUT2D eigenvalue weighted by Gasteiger charge is 2.24. The predicted molar refractivity (Wildman–Crippen MR) is 82.1 cm³/mol. The van der Waals surface area contributed by atoms with Crippen LogP contribution in [0.1, 0.15) is 26.5 Å². The lowest BCUT2D eigenvalue weighted by atomic mass is 10.4. The van der Waals surface area contributed by atoms with Crippen LogP contribution >= 0.6 is 0 Å². The van der Waals surface area contributed by atoms with E-state index in [1.165, 1.54) is 4.31 Å². The number of hydrogen-bond donors (Lipinski definition) is 1. The van der Waals surface area contributed by atoms with Gasteiger partial charge in [0.25, 0.3) is 0 Å². The summed E-state index contributed by atoms with van der Waals surface area (Å²) < 4.78 is 28.5. The van der Waals surface area contributed by atoms with Crippen LogP contribution in [-0.4, -0.2) is 36.9 Å². The molecule has 0 fully saturated rings. The van der Waals surface area contributed by atoms with Gasteiger partial charge in [0.1, 0.15) is 4.90 Å². The molecule has 0 saturated heterocycles. The van der Waals surface area contributed by atoms with Crippen LogP contribution in [0.2, 0.25) is 0 Å². The second kappa shape index (κ2) is 7.61. The Morgan fingerprint density at radius 2 is 2.10 bits per heavy atom. The SMILES string of the molecule is C=CCN(CC)S(=O)(=O)c1cc(CNCC)n(CC)c1. The molecule has 0 saturated carbocycles. The summed E-state index contributed by atoms with van der Waals surface area (Å²) in [5, 5.41) is 3.23. The molecule has 0 spiro atoms. The van der Waals surface area contributed by atoms with Gasteiger partial charge in [0.2, 0.25) is 10.0 Å². The molecule has 1 N–H and O–H groups in total. The van der Waals surface area contributed by atoms with Gasteiger partial charge in [-0.05, 0) is 19.5 Å². The Bertz CT molecular complexity index is 535. The van der Waals surface area contributed by atoms with Crippen molar-refractivity contribution >= 4 is 10.0 Å². The molecule has 0 atom stereocenters. The molecule has 0 unspecified atom stereocenters. The lowest BCUT2D eigenvalue weighted by molar-refractivity contribution is 0.459. The first-order valence-corrected chi connectivity index (χ1v) is 8.46. The molecule has 0 aromatic carbocycles. The molecule has 0 bridgehead atoms. The molecule has 0 radical (unpaired) electrons. The first-order chi connectivity index (χ1) is 9.51. The second-order valence-corrected chi connectivity index (χ2v) is 6.42. The van der Waals surface area contributed by atoms with Crippen molar-refractivity contribution in [1.29, 1.82) is 0 Å². The van der Waals surface area contributed by atoms with E-state index in [-0.39, 0.29) is 0 Å². The summed E-state index contributed by atoms with van der Waals surface area (Å²) in [6.07, 6.45) is 3.32. The fourth-order valence-electron chi connectivity index (χ4n) is 2.05. The number of rotatable bonds is 9. The minimum Gasteiger partial charge on any atom is -0.349 e. The fraction of sp³-hybridized carbons (Fsp3) is 0.571. The number of aryl methyl sites for hydroxylation is 1. The molecule has 114 valence electrons. The molecule has 6 heteroatoms. The van der Waals surface area contributed by atoms with Gasteiger partial charge in [-0.15, -0.1) is 6.58 Å². The van der Waals surface area contributed by atoms with Gasteiger partial charge >= 0.3 is 0 Å². The van der Waals surface area contributed by atoms with E-state index >= 15 is 0 Å². The Labute approximate surface area is 122 Å². The lowest BCUT2D eigenvalue weighted by Crippen LogP contribution is -2.30. The molecule has 1 heterocycles. The molecule has 1 aromatic rings. The molecule has 0 aliphatic heterocycles. The van der Waals surface area contributed by atoms with E-state index in [1.54, 1.807) is 18.3 Å². The van der Waals surface area contributed by atoms with Crippen molar-refractivity contribution in [2.24, 2.45) is 0 Å². The van der Waals surface area contributed by atoms with Gasteiger partial charge in [0.05, 0.1) is 0 Å². The first-order valence-electron chi connectivity index (χ1n) is 7.02. The van der Waals surface area contributed by atoms with Crippen LogP contribution in [0.25, 0.3) is 0 Å². The van der Waals surface area contributed by atoms with E-state index in [9.17, 15) is 8.42 Å². The van der Waals surface area contributed by atoms with Crippen LogP contribution in [0, 0.1) is 0 Å². The van der Waals surface area contributed by atoms with E-state index < -0.39 is 10.0 Å². The van der Waals surface area contributed by atoms with E-state index in [0.717, 1.165) is 18.8 Å². The Balaban J connectivity index is 3.11. The standard InChI is InChI=1S/C14H25N3O2S/c1-5-9-17(8-4)20(18,19)14-10-13(11-15-6-2)16(7-3)12-14/h5,10,12,15H,1,6-9,11H2,2-4H3. The Morgan fingerprint density at radius 3 is 2.60 bits per heavy atom. The maximum atomic E-state index is 12.6. The second-order valence-electron chi connectivity index (χ2n) is 4.48. The molecule has 0 aliphatic rings. The predicted octanol–water partition coefficient (Wildman–Crippen LogP) is 1.81. The zero-order valence-corrected chi connectivity index (χ0v) is 13.4. The smallest absolute Gasteiger partial charge is 0.244 e. The summed E-state index contributed by atoms with van der Waals surface area (Å²) in [7, 11) is -3.44. The van der Waals surface area contributed by atoms with Crippen LogP contribution in [0.4, 0.5) is 0 Å². The van der Waals surface area contributed by atoms with Gasteiger partial charge in [0.15, 0.2) is 0 Å². The molecule has 5 nitrogen and oxygen atoms in total. The summed E-state index contributed by atoms with van der Waals surface area (Å²) in [6.45, 7) is 12.5. The van der Waals surface area contributed by atoms with E-state index in [1.807, 2.05) is 25.3 Å². The minimum absolute atomic E-state index is 0.332. The zero-order valence-electron chi connectivity index (χ0n) is 12.6. The number of nitrogens with zero attached hydrogens (tertiary/aromatic N) is 2. The highest BCUT2D eigenvalue weighted by molar-refractivity contribution is 7.89. The third-order valence-corrected chi connectivity index (χ3v) is 5.09. The van der Waals surface area contributed by atoms with Crippen LogP contribution in [0.5, 0.6) is 0 Å². The quantitative estimate of drug-likeness (QED) is 0.708. The third-order valence-electron chi connectivity index (χ3n) is 3.18. The number of aromatic nitrogens is 1. The normalized spacial score (nSPS) is 12.0. The van der Waals surface area contributed by atoms with Gasteiger partial charge < -0.3 is 9.88 Å². The van der Waals surface area contributed by atoms with Gasteiger partial charge in [-0.3, -0.25) is 0 Å². The summed E-state index contributed by atoms with van der Waals surface area (Å²) in [5.74, 6) is 0. The van der Waals surface area contributed by atoms with Gasteiger partial charge in [-0.1, -0.05) is 19.9 Å². The molecule has 20 heavy (non-hydrogen) atoms. The molecule has 1 rings (SSSR count). The average molecular weight is 299 g/mol. The summed E-state index contributed by atoms with van der Waals surface area (Å²) in [4.78, 5) is 0.357. The van der Waals surface area contributed by atoms with E-state index in [2.05, 4.69) is 11.9 Å². The van der Waals surface area contributed by atoms with Crippen LogP contribution in [0.15, 0.2) is 29.8 Å². The Morgan fingerprint density at radius 1 is 1.40 bits per heavy atom. The topological polar surface area (TPSA) is 54.3 Å². The first kappa shape index (κ1) is 16.9. The third kappa shape index (κ3) is 3.71. The molecular weight excluding hydrogens is 274 g/mol. The van der Waals surface area contributed by atoms with Gasteiger partial charge in [-0.2, -0.15) is 4.31 Å². The van der Waals surface area contributed by atoms with Crippen LogP contribution < -0.4 is 5.32 Å². The molecule has 0 aliphatic carbocycles. The van der Waals surface area contributed by atoms with Crippen molar-refractivity contribution in [3.8, 4) is 0 Å². The van der Waals surface area contributed by atoms with Crippen molar-refractivity contribution < 1.29 is 8.42 Å². The number of nitrogens with one attached hydrogen (secondary N) is 1. The maximum absolute atomic E-state index is 12.6. The highest BCUT2D eigenvalue weighted by atomic mass is 32.2. The van der Waals surface area contributed by atoms with Crippen molar-refractivity contribution in [2.45, 2.75) is 38.8 Å². The number of likely N-dealkylation sites (N-methyl/N-ethyl adjacent to an activating group) is 1. The van der Waals surface area contributed by atoms with Crippen molar-refractivity contribution in [1.82, 2.24) is 14.2 Å². The summed E-state index contributed by atoms with van der Waals surface area (Å²) in [5.41, 5.74) is 0.989. The van der Waals surface area contributed by atoms with Crippen molar-refractivity contribution in [3.63, 3.8) is 0 Å². The van der Waals surface area contributed by atoms with Crippen molar-refractivity contribution in [2.75, 3.05) is 19.6 Å². The number of sulfonamides is 1. The van der Waals surface area contributed by atoms with Crippen LogP contribution in [0.3, 0.4) is 0 Å². The monoisotopic (exact) mass is 299 g/mol. The zero-order chi connectivity index (χ0) is 15.2. The Kier molecular flexibility index (Phi) is 6.45. The van der Waals surface area contributed by atoms with Crippen molar-refractivity contribution in [3.05, 3.63) is 30.6 Å². The highest BCUT2D eigenvalue weighted by Crippen LogP contribution is 2.19. The Hall–Kier alpha value is -1.11. The molecule has 1 aromatic heterocycles. The van der Waals surface area contributed by atoms with Crippen LogP contribution in [-0.2, 0) is 23.1 Å². The van der Waals surface area contributed by atoms with Gasteiger partial charge in [0, 0.05) is 38.1 Å². The van der Waals surface area contributed by atoms with E-state index in [4.69, 9.17) is 0 Å². The summed E-state index contributed by atoms with van der Waals surface area (Å²) >= 11 is 0. The summed E-state index contributed by atoms with van der Waals surface area (Å²) in [6, 6.07) is 1.76.